The Hall–Kier alpha value is -1.06. The van der Waals surface area contributed by atoms with Gasteiger partial charge in [-0.1, -0.05) is 13.0 Å². The van der Waals surface area contributed by atoms with Crippen molar-refractivity contribution >= 4 is 0 Å². The summed E-state index contributed by atoms with van der Waals surface area (Å²) in [4.78, 5) is 2.58. The summed E-state index contributed by atoms with van der Waals surface area (Å²) in [6.07, 6.45) is 2.37. The van der Waals surface area contributed by atoms with Crippen LogP contribution >= 0.6 is 0 Å². The Balaban J connectivity index is 2.33. The summed E-state index contributed by atoms with van der Waals surface area (Å²) in [5, 5.41) is 3.24. The molecule has 1 aromatic rings. The molecule has 0 aliphatic carbocycles. The van der Waals surface area contributed by atoms with Gasteiger partial charge < -0.3 is 10.1 Å². The van der Waals surface area contributed by atoms with Crippen LogP contribution in [-0.4, -0.2) is 31.6 Å². The van der Waals surface area contributed by atoms with Gasteiger partial charge in [0.05, 0.1) is 6.61 Å². The zero-order valence-electron chi connectivity index (χ0n) is 13.3. The van der Waals surface area contributed by atoms with Crippen LogP contribution in [0.25, 0.3) is 0 Å². The average molecular weight is 276 g/mol. The molecule has 0 amide bonds. The SMILES string of the molecule is CCCN1CCc2cc(CNC)c(OCC)cc2C1C. The van der Waals surface area contributed by atoms with E-state index in [9.17, 15) is 0 Å². The van der Waals surface area contributed by atoms with Crippen molar-refractivity contribution in [3.63, 3.8) is 0 Å². The first-order valence-corrected chi connectivity index (χ1v) is 7.88. The van der Waals surface area contributed by atoms with E-state index in [1.54, 1.807) is 0 Å². The fraction of sp³-hybridized carbons (Fsp3) is 0.647. The number of nitrogens with zero attached hydrogens (tertiary/aromatic N) is 1. The number of ether oxygens (including phenoxy) is 1. The first kappa shape index (κ1) is 15.3. The van der Waals surface area contributed by atoms with Gasteiger partial charge >= 0.3 is 0 Å². The lowest BCUT2D eigenvalue weighted by Gasteiger charge is -2.35. The molecule has 1 aliphatic heterocycles. The van der Waals surface area contributed by atoms with Gasteiger partial charge in [-0.3, -0.25) is 4.90 Å². The van der Waals surface area contributed by atoms with Crippen molar-refractivity contribution in [3.8, 4) is 5.75 Å². The Kier molecular flexibility index (Phi) is 5.44. The molecular formula is C17H28N2O. The first-order valence-electron chi connectivity index (χ1n) is 7.88. The van der Waals surface area contributed by atoms with E-state index in [4.69, 9.17) is 4.74 Å². The van der Waals surface area contributed by atoms with Crippen LogP contribution < -0.4 is 10.1 Å². The van der Waals surface area contributed by atoms with Crippen LogP contribution in [0.2, 0.25) is 0 Å². The lowest BCUT2D eigenvalue weighted by Crippen LogP contribution is -2.34. The van der Waals surface area contributed by atoms with Crippen LogP contribution in [0.5, 0.6) is 5.75 Å². The van der Waals surface area contributed by atoms with E-state index in [1.165, 1.54) is 36.2 Å². The molecular weight excluding hydrogens is 248 g/mol. The van der Waals surface area contributed by atoms with Crippen molar-refractivity contribution in [3.05, 3.63) is 28.8 Å². The first-order chi connectivity index (χ1) is 9.71. The molecule has 1 aromatic carbocycles. The highest BCUT2D eigenvalue weighted by Crippen LogP contribution is 2.34. The maximum absolute atomic E-state index is 5.84. The maximum Gasteiger partial charge on any atom is 0.124 e. The van der Waals surface area contributed by atoms with E-state index in [1.807, 2.05) is 7.05 Å². The minimum Gasteiger partial charge on any atom is -0.494 e. The number of fused-ring (bicyclic) bond motifs is 1. The van der Waals surface area contributed by atoms with Gasteiger partial charge in [0.2, 0.25) is 0 Å². The highest BCUT2D eigenvalue weighted by Gasteiger charge is 2.24. The number of hydrogen-bond donors (Lipinski definition) is 1. The zero-order chi connectivity index (χ0) is 14.5. The highest BCUT2D eigenvalue weighted by atomic mass is 16.5. The Bertz CT molecular complexity index is 445. The molecule has 1 unspecified atom stereocenters. The molecule has 3 heteroatoms. The van der Waals surface area contributed by atoms with Gasteiger partial charge in [-0.25, -0.2) is 0 Å². The number of benzene rings is 1. The molecule has 1 heterocycles. The number of rotatable bonds is 6. The molecule has 0 spiro atoms. The van der Waals surface area contributed by atoms with E-state index in [0.29, 0.717) is 6.04 Å². The van der Waals surface area contributed by atoms with Crippen molar-refractivity contribution in [2.24, 2.45) is 0 Å². The summed E-state index contributed by atoms with van der Waals surface area (Å²) in [5.74, 6) is 1.05. The van der Waals surface area contributed by atoms with Crippen LogP contribution in [0.4, 0.5) is 0 Å². The summed E-state index contributed by atoms with van der Waals surface area (Å²) >= 11 is 0. The third-order valence-electron chi connectivity index (χ3n) is 4.17. The Labute approximate surface area is 123 Å². The molecule has 0 saturated heterocycles. The van der Waals surface area contributed by atoms with E-state index >= 15 is 0 Å². The number of nitrogens with one attached hydrogen (secondary N) is 1. The summed E-state index contributed by atoms with van der Waals surface area (Å²) in [6.45, 7) is 10.6. The van der Waals surface area contributed by atoms with Crippen molar-refractivity contribution in [2.75, 3.05) is 26.7 Å². The fourth-order valence-corrected chi connectivity index (χ4v) is 3.16. The second-order valence-corrected chi connectivity index (χ2v) is 5.58. The predicted molar refractivity (Wildman–Crippen MR) is 84.4 cm³/mol. The van der Waals surface area contributed by atoms with Crippen LogP contribution in [0.15, 0.2) is 12.1 Å². The second kappa shape index (κ2) is 7.09. The molecule has 0 bridgehead atoms. The molecule has 0 saturated carbocycles. The summed E-state index contributed by atoms with van der Waals surface area (Å²) in [5.41, 5.74) is 4.23. The fourth-order valence-electron chi connectivity index (χ4n) is 3.16. The lowest BCUT2D eigenvalue weighted by molar-refractivity contribution is 0.198. The van der Waals surface area contributed by atoms with Gasteiger partial charge in [0.1, 0.15) is 5.75 Å². The lowest BCUT2D eigenvalue weighted by atomic mass is 9.91. The van der Waals surface area contributed by atoms with Gasteiger partial charge in [0, 0.05) is 24.7 Å². The molecule has 0 aromatic heterocycles. The average Bonchev–Trinajstić information content (AvgIpc) is 2.44. The van der Waals surface area contributed by atoms with Gasteiger partial charge in [-0.05, 0) is 57.5 Å². The van der Waals surface area contributed by atoms with Crippen LogP contribution in [-0.2, 0) is 13.0 Å². The predicted octanol–water partition coefficient (Wildman–Crippen LogP) is 3.13. The van der Waals surface area contributed by atoms with Crippen LogP contribution in [0.3, 0.4) is 0 Å². The van der Waals surface area contributed by atoms with E-state index < -0.39 is 0 Å². The molecule has 3 nitrogen and oxygen atoms in total. The molecule has 1 N–H and O–H groups in total. The van der Waals surface area contributed by atoms with E-state index in [2.05, 4.69) is 43.1 Å². The van der Waals surface area contributed by atoms with Crippen LogP contribution in [0.1, 0.15) is 49.9 Å². The largest absolute Gasteiger partial charge is 0.494 e. The maximum atomic E-state index is 5.84. The van der Waals surface area contributed by atoms with E-state index in [-0.39, 0.29) is 0 Å². The van der Waals surface area contributed by atoms with Crippen molar-refractivity contribution in [2.45, 2.75) is 46.2 Å². The highest BCUT2D eigenvalue weighted by molar-refractivity contribution is 5.45. The smallest absolute Gasteiger partial charge is 0.124 e. The van der Waals surface area contributed by atoms with Crippen LogP contribution in [0, 0.1) is 0 Å². The van der Waals surface area contributed by atoms with Gasteiger partial charge in [0.15, 0.2) is 0 Å². The quantitative estimate of drug-likeness (QED) is 0.864. The van der Waals surface area contributed by atoms with Gasteiger partial charge in [-0.2, -0.15) is 0 Å². The zero-order valence-corrected chi connectivity index (χ0v) is 13.3. The minimum absolute atomic E-state index is 0.501. The molecule has 112 valence electrons. The van der Waals surface area contributed by atoms with E-state index in [0.717, 1.165) is 25.3 Å². The van der Waals surface area contributed by atoms with Gasteiger partial charge in [-0.15, -0.1) is 0 Å². The normalized spacial score (nSPS) is 18.9. The molecule has 20 heavy (non-hydrogen) atoms. The van der Waals surface area contributed by atoms with Gasteiger partial charge in [0.25, 0.3) is 0 Å². The standard InChI is InChI=1S/C17H28N2O/c1-5-8-19-9-7-14-10-15(12-18-4)17(20-6-2)11-16(14)13(19)3/h10-11,13,18H,5-9,12H2,1-4H3. The van der Waals surface area contributed by atoms with Crippen molar-refractivity contribution < 1.29 is 4.74 Å². The summed E-state index contributed by atoms with van der Waals surface area (Å²) < 4.78 is 5.84. The summed E-state index contributed by atoms with van der Waals surface area (Å²) in [7, 11) is 1.99. The molecule has 0 fully saturated rings. The monoisotopic (exact) mass is 276 g/mol. The topological polar surface area (TPSA) is 24.5 Å². The second-order valence-electron chi connectivity index (χ2n) is 5.58. The Morgan fingerprint density at radius 1 is 1.35 bits per heavy atom. The third kappa shape index (κ3) is 3.15. The Morgan fingerprint density at radius 3 is 2.80 bits per heavy atom. The molecule has 1 aliphatic rings. The molecule has 2 rings (SSSR count). The summed E-state index contributed by atoms with van der Waals surface area (Å²) in [6, 6.07) is 5.12. The molecule has 0 radical (unpaired) electrons. The minimum atomic E-state index is 0.501. The number of hydrogen-bond acceptors (Lipinski definition) is 3. The Morgan fingerprint density at radius 2 is 2.15 bits per heavy atom. The van der Waals surface area contributed by atoms with Crippen molar-refractivity contribution in [1.82, 2.24) is 10.2 Å². The molecule has 1 atom stereocenters. The third-order valence-corrected chi connectivity index (χ3v) is 4.17. The van der Waals surface area contributed by atoms with Crippen molar-refractivity contribution in [1.29, 1.82) is 0 Å².